The molecule has 0 spiro atoms. The monoisotopic (exact) mass is 297 g/mol. The Bertz CT molecular complexity index is 465. The number of carbonyl (C=O) groups is 1. The molecule has 8 heteroatoms. The highest BCUT2D eigenvalue weighted by Gasteiger charge is 2.40. The van der Waals surface area contributed by atoms with Gasteiger partial charge in [0.1, 0.15) is 0 Å². The first-order chi connectivity index (χ1) is 8.75. The molecule has 1 unspecified atom stereocenters. The topological polar surface area (TPSA) is 69.6 Å². The summed E-state index contributed by atoms with van der Waals surface area (Å²) in [5.41, 5.74) is -0.746. The molecule has 0 aliphatic carbocycles. The zero-order valence-corrected chi connectivity index (χ0v) is 10.3. The zero-order chi connectivity index (χ0) is 14.6. The molecule has 0 aromatic heterocycles. The normalized spacial score (nSPS) is 13.2. The molecule has 1 aromatic carbocycles. The summed E-state index contributed by atoms with van der Waals surface area (Å²) in [6.07, 6.45) is -6.17. The second-order valence-electron chi connectivity index (χ2n) is 3.73. The van der Waals surface area contributed by atoms with E-state index in [1.807, 2.05) is 0 Å². The van der Waals surface area contributed by atoms with Crippen molar-refractivity contribution in [3.8, 4) is 0 Å². The van der Waals surface area contributed by atoms with E-state index in [0.717, 1.165) is 6.07 Å². The van der Waals surface area contributed by atoms with Gasteiger partial charge in [0.05, 0.1) is 18.3 Å². The highest BCUT2D eigenvalue weighted by Crippen LogP contribution is 2.28. The van der Waals surface area contributed by atoms with E-state index in [9.17, 15) is 18.0 Å². The highest BCUT2D eigenvalue weighted by molar-refractivity contribution is 6.31. The van der Waals surface area contributed by atoms with Gasteiger partial charge >= 0.3 is 6.18 Å². The molecule has 4 nitrogen and oxygen atoms in total. The third-order valence-electron chi connectivity index (χ3n) is 2.22. The number of hydrogen-bond donors (Lipinski definition) is 3. The Morgan fingerprint density at radius 1 is 1.42 bits per heavy atom. The minimum Gasteiger partial charge on any atom is -0.394 e. The van der Waals surface area contributed by atoms with Crippen LogP contribution in [0.15, 0.2) is 18.2 Å². The second-order valence-corrected chi connectivity index (χ2v) is 4.17. The van der Waals surface area contributed by atoms with Crippen LogP contribution in [0.4, 0.5) is 18.9 Å². The molecule has 0 amide bonds. The van der Waals surface area contributed by atoms with Gasteiger partial charge in [0.25, 0.3) is 5.78 Å². The first kappa shape index (κ1) is 15.7. The van der Waals surface area contributed by atoms with Crippen molar-refractivity contribution in [2.24, 2.45) is 0 Å². The van der Waals surface area contributed by atoms with Crippen molar-refractivity contribution in [1.82, 2.24) is 0 Å². The molecule has 0 aliphatic heterocycles. The largest absolute Gasteiger partial charge is 0.454 e. The van der Waals surface area contributed by atoms with E-state index in [1.54, 1.807) is 0 Å². The van der Waals surface area contributed by atoms with Gasteiger partial charge in [-0.15, -0.1) is 0 Å². The van der Waals surface area contributed by atoms with Crippen LogP contribution < -0.4 is 5.32 Å². The smallest absolute Gasteiger partial charge is 0.394 e. The Kier molecular flexibility index (Phi) is 5.16. The fourth-order valence-electron chi connectivity index (χ4n) is 1.30. The number of anilines is 1. The molecule has 19 heavy (non-hydrogen) atoms. The molecule has 0 saturated heterocycles. The molecule has 0 heterocycles. The Balaban J connectivity index is 3.02. The van der Waals surface area contributed by atoms with Gasteiger partial charge in [-0.25, -0.2) is 0 Å². The number of aliphatic hydroxyl groups excluding tert-OH is 2. The first-order valence-corrected chi connectivity index (χ1v) is 5.57. The van der Waals surface area contributed by atoms with Gasteiger partial charge in [0, 0.05) is 17.3 Å². The molecule has 1 atom stereocenters. The van der Waals surface area contributed by atoms with Gasteiger partial charge in [0.2, 0.25) is 0 Å². The van der Waals surface area contributed by atoms with E-state index in [0.29, 0.717) is 0 Å². The van der Waals surface area contributed by atoms with E-state index >= 15 is 0 Å². The van der Waals surface area contributed by atoms with Crippen LogP contribution in [0, 0.1) is 0 Å². The number of aliphatic hydroxyl groups is 2. The lowest BCUT2D eigenvalue weighted by Crippen LogP contribution is -2.27. The van der Waals surface area contributed by atoms with Crippen LogP contribution in [0.25, 0.3) is 0 Å². The summed E-state index contributed by atoms with van der Waals surface area (Å²) >= 11 is 5.56. The third kappa shape index (κ3) is 4.38. The fourth-order valence-corrected chi connectivity index (χ4v) is 1.48. The molecular weight excluding hydrogens is 287 g/mol. The van der Waals surface area contributed by atoms with Crippen LogP contribution in [0.2, 0.25) is 5.02 Å². The highest BCUT2D eigenvalue weighted by atomic mass is 35.5. The number of Topliss-reactive ketones (excluding diaryl/α,β-unsaturated/α-hetero) is 1. The minimum absolute atomic E-state index is 0.0131. The van der Waals surface area contributed by atoms with Gasteiger partial charge in [-0.2, -0.15) is 13.2 Å². The van der Waals surface area contributed by atoms with E-state index < -0.39 is 30.2 Å². The number of carbonyl (C=O) groups excluding carboxylic acids is 1. The predicted octanol–water partition coefficient (Wildman–Crippen LogP) is 1.85. The summed E-state index contributed by atoms with van der Waals surface area (Å²) in [4.78, 5) is 11.2. The maximum absolute atomic E-state index is 12.4. The number of halogens is 4. The maximum Gasteiger partial charge on any atom is 0.454 e. The Labute approximate surface area is 111 Å². The van der Waals surface area contributed by atoms with Gasteiger partial charge in [-0.1, -0.05) is 11.6 Å². The molecular formula is C11H11ClF3NO3. The van der Waals surface area contributed by atoms with Crippen LogP contribution >= 0.6 is 11.6 Å². The lowest BCUT2D eigenvalue weighted by Gasteiger charge is -2.15. The lowest BCUT2D eigenvalue weighted by molar-refractivity contribution is -0.0884. The number of nitrogens with one attached hydrogen (secondary N) is 1. The standard InChI is InChI=1S/C11H11ClF3NO3/c12-6-1-2-9(16-4-7(18)5-17)8(3-6)10(19)11(13,14)15/h1-3,7,16-18H,4-5H2. The first-order valence-electron chi connectivity index (χ1n) is 5.19. The number of rotatable bonds is 5. The summed E-state index contributed by atoms with van der Waals surface area (Å²) < 4.78 is 37.2. The van der Waals surface area contributed by atoms with Crippen molar-refractivity contribution < 1.29 is 28.2 Å². The molecule has 0 saturated carbocycles. The summed E-state index contributed by atoms with van der Waals surface area (Å²) in [7, 11) is 0. The van der Waals surface area contributed by atoms with Crippen LogP contribution in [-0.4, -0.2) is 41.4 Å². The quantitative estimate of drug-likeness (QED) is 0.726. The third-order valence-corrected chi connectivity index (χ3v) is 2.46. The SMILES string of the molecule is O=C(c1cc(Cl)ccc1NCC(O)CO)C(F)(F)F. The number of alkyl halides is 3. The van der Waals surface area contributed by atoms with E-state index in [1.165, 1.54) is 12.1 Å². The predicted molar refractivity (Wildman–Crippen MR) is 63.4 cm³/mol. The molecule has 0 fully saturated rings. The zero-order valence-electron chi connectivity index (χ0n) is 9.54. The van der Waals surface area contributed by atoms with Crippen molar-refractivity contribution in [2.75, 3.05) is 18.5 Å². The molecule has 106 valence electrons. The Morgan fingerprint density at radius 2 is 2.05 bits per heavy atom. The number of hydrogen-bond acceptors (Lipinski definition) is 4. The van der Waals surface area contributed by atoms with Crippen molar-refractivity contribution in [2.45, 2.75) is 12.3 Å². The van der Waals surface area contributed by atoms with Crippen molar-refractivity contribution in [3.05, 3.63) is 28.8 Å². The molecule has 0 aliphatic rings. The van der Waals surface area contributed by atoms with Gasteiger partial charge < -0.3 is 15.5 Å². The summed E-state index contributed by atoms with van der Waals surface area (Å²) in [5, 5.41) is 20.2. The molecule has 0 radical (unpaired) electrons. The number of ketones is 1. The Hall–Kier alpha value is -1.31. The molecule has 3 N–H and O–H groups in total. The van der Waals surface area contributed by atoms with E-state index in [4.69, 9.17) is 21.8 Å². The van der Waals surface area contributed by atoms with Crippen molar-refractivity contribution in [1.29, 1.82) is 0 Å². The fraction of sp³-hybridized carbons (Fsp3) is 0.364. The van der Waals surface area contributed by atoms with Gasteiger partial charge in [-0.05, 0) is 18.2 Å². The van der Waals surface area contributed by atoms with Gasteiger partial charge in [0.15, 0.2) is 0 Å². The molecule has 1 rings (SSSR count). The van der Waals surface area contributed by atoms with E-state index in [-0.39, 0.29) is 17.3 Å². The van der Waals surface area contributed by atoms with E-state index in [2.05, 4.69) is 5.32 Å². The lowest BCUT2D eigenvalue weighted by atomic mass is 10.1. The maximum atomic E-state index is 12.4. The summed E-state index contributed by atoms with van der Waals surface area (Å²) in [6, 6.07) is 3.40. The average Bonchev–Trinajstić information content (AvgIpc) is 2.34. The number of benzene rings is 1. The molecule has 1 aromatic rings. The van der Waals surface area contributed by atoms with Crippen LogP contribution in [0.3, 0.4) is 0 Å². The van der Waals surface area contributed by atoms with Crippen molar-refractivity contribution in [3.63, 3.8) is 0 Å². The van der Waals surface area contributed by atoms with Crippen LogP contribution in [0.5, 0.6) is 0 Å². The van der Waals surface area contributed by atoms with Crippen LogP contribution in [-0.2, 0) is 0 Å². The summed E-state index contributed by atoms with van der Waals surface area (Å²) in [6.45, 7) is -0.751. The Morgan fingerprint density at radius 3 is 2.58 bits per heavy atom. The summed E-state index contributed by atoms with van der Waals surface area (Å²) in [5.74, 6) is -2.03. The second kappa shape index (κ2) is 6.23. The van der Waals surface area contributed by atoms with Crippen LogP contribution in [0.1, 0.15) is 10.4 Å². The van der Waals surface area contributed by atoms with Gasteiger partial charge in [-0.3, -0.25) is 4.79 Å². The average molecular weight is 298 g/mol. The van der Waals surface area contributed by atoms with Crippen molar-refractivity contribution >= 4 is 23.1 Å². The molecule has 0 bridgehead atoms. The minimum atomic E-state index is -5.02.